The van der Waals surface area contributed by atoms with Crippen molar-refractivity contribution in [1.29, 1.82) is 0 Å². The maximum absolute atomic E-state index is 12.3. The van der Waals surface area contributed by atoms with Gasteiger partial charge in [-0.25, -0.2) is 8.42 Å². The summed E-state index contributed by atoms with van der Waals surface area (Å²) in [7, 11) is -3.15. The molecule has 0 spiro atoms. The smallest absolute Gasteiger partial charge is 0.188 e. The average Bonchev–Trinajstić information content (AvgIpc) is 2.84. The minimum absolute atomic E-state index is 0.166. The molecule has 0 amide bonds. The Morgan fingerprint density at radius 1 is 1.41 bits per heavy atom. The molecule has 17 heavy (non-hydrogen) atoms. The van der Waals surface area contributed by atoms with Crippen molar-refractivity contribution in [2.45, 2.75) is 17.1 Å². The van der Waals surface area contributed by atoms with Crippen molar-refractivity contribution in [2.75, 3.05) is 24.3 Å². The largest absolute Gasteiger partial charge is 0.381 e. The van der Waals surface area contributed by atoms with E-state index in [1.54, 1.807) is 17.5 Å². The van der Waals surface area contributed by atoms with Gasteiger partial charge in [0.2, 0.25) is 0 Å². The molecule has 1 aliphatic rings. The SMILES string of the molecule is O=S(=O)(CC1(CBr)CCOCC1)c1cccs1. The van der Waals surface area contributed by atoms with E-state index in [0.717, 1.165) is 12.8 Å². The summed E-state index contributed by atoms with van der Waals surface area (Å²) in [5.41, 5.74) is -0.166. The summed E-state index contributed by atoms with van der Waals surface area (Å²) >= 11 is 4.76. The second kappa shape index (κ2) is 5.38. The van der Waals surface area contributed by atoms with Gasteiger partial charge in [-0.3, -0.25) is 0 Å². The number of thiophene rings is 1. The lowest BCUT2D eigenvalue weighted by molar-refractivity contribution is 0.0368. The number of rotatable bonds is 4. The summed E-state index contributed by atoms with van der Waals surface area (Å²) in [6.45, 7) is 1.32. The Morgan fingerprint density at radius 2 is 2.12 bits per heavy atom. The molecular weight excluding hydrogens is 324 g/mol. The highest BCUT2D eigenvalue weighted by Crippen LogP contribution is 2.36. The van der Waals surface area contributed by atoms with Crippen LogP contribution in [0.5, 0.6) is 0 Å². The second-order valence-corrected chi connectivity index (χ2v) is 8.16. The molecule has 0 N–H and O–H groups in total. The van der Waals surface area contributed by atoms with Crippen molar-refractivity contribution >= 4 is 37.1 Å². The Morgan fingerprint density at radius 3 is 2.65 bits per heavy atom. The highest BCUT2D eigenvalue weighted by atomic mass is 79.9. The molecule has 0 radical (unpaired) electrons. The van der Waals surface area contributed by atoms with Gasteiger partial charge < -0.3 is 4.74 Å². The summed E-state index contributed by atoms with van der Waals surface area (Å²) in [5.74, 6) is 0.217. The third-order valence-electron chi connectivity index (χ3n) is 3.13. The number of sulfone groups is 1. The van der Waals surface area contributed by atoms with Gasteiger partial charge in [0, 0.05) is 18.5 Å². The van der Waals surface area contributed by atoms with Crippen LogP contribution in [0.2, 0.25) is 0 Å². The number of hydrogen-bond acceptors (Lipinski definition) is 4. The lowest BCUT2D eigenvalue weighted by Gasteiger charge is -2.35. The molecule has 0 atom stereocenters. The Labute approximate surface area is 114 Å². The molecule has 1 saturated heterocycles. The fourth-order valence-corrected chi connectivity index (χ4v) is 6.06. The van der Waals surface area contributed by atoms with E-state index in [4.69, 9.17) is 4.74 Å². The summed E-state index contributed by atoms with van der Waals surface area (Å²) in [4.78, 5) is 0. The molecule has 0 saturated carbocycles. The van der Waals surface area contributed by atoms with E-state index in [0.29, 0.717) is 22.8 Å². The highest BCUT2D eigenvalue weighted by molar-refractivity contribution is 9.09. The fraction of sp³-hybridized carbons (Fsp3) is 0.636. The number of hydrogen-bond donors (Lipinski definition) is 0. The number of alkyl halides is 1. The van der Waals surface area contributed by atoms with Crippen molar-refractivity contribution < 1.29 is 13.2 Å². The minimum Gasteiger partial charge on any atom is -0.381 e. The van der Waals surface area contributed by atoms with Gasteiger partial charge >= 0.3 is 0 Å². The molecular formula is C11H15BrO3S2. The Kier molecular flexibility index (Phi) is 4.28. The molecule has 1 aromatic rings. The predicted molar refractivity (Wildman–Crippen MR) is 72.7 cm³/mol. The van der Waals surface area contributed by atoms with Crippen molar-refractivity contribution in [2.24, 2.45) is 5.41 Å². The summed E-state index contributed by atoms with van der Waals surface area (Å²) in [6.07, 6.45) is 1.62. The van der Waals surface area contributed by atoms with E-state index < -0.39 is 9.84 Å². The van der Waals surface area contributed by atoms with Gasteiger partial charge in [-0.05, 0) is 29.7 Å². The van der Waals surface area contributed by atoms with E-state index in [1.165, 1.54) is 11.3 Å². The molecule has 1 fully saturated rings. The lowest BCUT2D eigenvalue weighted by atomic mass is 9.85. The van der Waals surface area contributed by atoms with Crippen molar-refractivity contribution in [3.63, 3.8) is 0 Å². The zero-order chi connectivity index (χ0) is 12.4. The number of halogens is 1. The quantitative estimate of drug-likeness (QED) is 0.792. The zero-order valence-electron chi connectivity index (χ0n) is 9.39. The molecule has 0 unspecified atom stereocenters. The maximum atomic E-state index is 12.3. The van der Waals surface area contributed by atoms with E-state index in [2.05, 4.69) is 15.9 Å². The van der Waals surface area contributed by atoms with Crippen molar-refractivity contribution in [3.8, 4) is 0 Å². The third-order valence-corrected chi connectivity index (χ3v) is 7.78. The van der Waals surface area contributed by atoms with Gasteiger partial charge in [-0.2, -0.15) is 0 Å². The van der Waals surface area contributed by atoms with E-state index in [1.807, 2.05) is 0 Å². The van der Waals surface area contributed by atoms with Crippen LogP contribution in [0.25, 0.3) is 0 Å². The van der Waals surface area contributed by atoms with Crippen LogP contribution >= 0.6 is 27.3 Å². The maximum Gasteiger partial charge on any atom is 0.188 e. The summed E-state index contributed by atoms with van der Waals surface area (Å²) in [6, 6.07) is 3.46. The highest BCUT2D eigenvalue weighted by Gasteiger charge is 2.37. The van der Waals surface area contributed by atoms with E-state index in [-0.39, 0.29) is 11.2 Å². The Bertz CT molecular complexity index is 447. The monoisotopic (exact) mass is 338 g/mol. The van der Waals surface area contributed by atoms with E-state index in [9.17, 15) is 8.42 Å². The van der Waals surface area contributed by atoms with Crippen molar-refractivity contribution in [1.82, 2.24) is 0 Å². The molecule has 0 aromatic carbocycles. The van der Waals surface area contributed by atoms with Crippen LogP contribution in [0.1, 0.15) is 12.8 Å². The molecule has 0 bridgehead atoms. The first kappa shape index (κ1) is 13.5. The summed E-state index contributed by atoms with van der Waals surface area (Å²) in [5, 5.41) is 2.52. The Balaban J connectivity index is 2.19. The van der Waals surface area contributed by atoms with Crippen molar-refractivity contribution in [3.05, 3.63) is 17.5 Å². The third kappa shape index (κ3) is 3.10. The first-order chi connectivity index (χ1) is 8.08. The van der Waals surface area contributed by atoms with Gasteiger partial charge in [0.1, 0.15) is 4.21 Å². The molecule has 0 aliphatic carbocycles. The van der Waals surface area contributed by atoms with Crippen LogP contribution in [-0.2, 0) is 14.6 Å². The predicted octanol–water partition coefficient (Wildman–Crippen LogP) is 2.71. The topological polar surface area (TPSA) is 43.4 Å². The molecule has 3 nitrogen and oxygen atoms in total. The van der Waals surface area contributed by atoms with E-state index >= 15 is 0 Å². The van der Waals surface area contributed by atoms with Gasteiger partial charge in [0.05, 0.1) is 5.75 Å². The van der Waals surface area contributed by atoms with Crippen LogP contribution in [0, 0.1) is 5.41 Å². The van der Waals surface area contributed by atoms with Gasteiger partial charge in [0.15, 0.2) is 9.84 Å². The second-order valence-electron chi connectivity index (χ2n) is 4.44. The van der Waals surface area contributed by atoms with Crippen LogP contribution in [0.3, 0.4) is 0 Å². The molecule has 1 aliphatic heterocycles. The molecule has 2 heterocycles. The first-order valence-electron chi connectivity index (χ1n) is 5.48. The minimum atomic E-state index is -3.15. The van der Waals surface area contributed by atoms with Crippen LogP contribution < -0.4 is 0 Å². The molecule has 2 rings (SSSR count). The molecule has 6 heteroatoms. The van der Waals surface area contributed by atoms with Crippen LogP contribution in [0.15, 0.2) is 21.7 Å². The van der Waals surface area contributed by atoms with Crippen LogP contribution in [-0.4, -0.2) is 32.7 Å². The average molecular weight is 339 g/mol. The number of ether oxygens (including phenoxy) is 1. The normalized spacial score (nSPS) is 20.3. The van der Waals surface area contributed by atoms with Gasteiger partial charge in [0.25, 0.3) is 0 Å². The fourth-order valence-electron chi connectivity index (χ4n) is 2.04. The Hall–Kier alpha value is 0.0900. The first-order valence-corrected chi connectivity index (χ1v) is 9.13. The van der Waals surface area contributed by atoms with Crippen LogP contribution in [0.4, 0.5) is 0 Å². The standard InChI is InChI=1S/C11H15BrO3S2/c12-8-11(3-5-15-6-4-11)9-17(13,14)10-2-1-7-16-10/h1-2,7H,3-6,8-9H2. The summed E-state index contributed by atoms with van der Waals surface area (Å²) < 4.78 is 30.3. The molecule has 96 valence electrons. The van der Waals surface area contributed by atoms with Gasteiger partial charge in [-0.15, -0.1) is 11.3 Å². The van der Waals surface area contributed by atoms with Gasteiger partial charge in [-0.1, -0.05) is 22.0 Å². The zero-order valence-corrected chi connectivity index (χ0v) is 12.6. The lowest BCUT2D eigenvalue weighted by Crippen LogP contribution is -2.37. The molecule has 1 aromatic heterocycles.